The van der Waals surface area contributed by atoms with E-state index in [4.69, 9.17) is 9.47 Å². The van der Waals surface area contributed by atoms with E-state index in [1.54, 1.807) is 29.4 Å². The molecule has 2 aromatic carbocycles. The summed E-state index contributed by atoms with van der Waals surface area (Å²) in [5.41, 5.74) is 3.57. The second-order valence-electron chi connectivity index (χ2n) is 10.6. The lowest BCUT2D eigenvalue weighted by Gasteiger charge is -2.25. The zero-order chi connectivity index (χ0) is 29.5. The topological polar surface area (TPSA) is 119 Å². The molecule has 2 aromatic heterocycles. The van der Waals surface area contributed by atoms with Gasteiger partial charge in [-0.2, -0.15) is 0 Å². The molecule has 2 N–H and O–H groups in total. The van der Waals surface area contributed by atoms with E-state index in [1.165, 1.54) is 11.3 Å². The van der Waals surface area contributed by atoms with Crippen LogP contribution >= 0.6 is 11.3 Å². The first kappa shape index (κ1) is 28.7. The number of nitrogens with one attached hydrogen (secondary N) is 2. The van der Waals surface area contributed by atoms with E-state index < -0.39 is 11.7 Å². The second-order valence-corrected chi connectivity index (χ2v) is 11.6. The SMILES string of the molecule is CC(C)(C)OC(=O)Nc1cccc(-c2ccnc(Nc3cnc(C4=CCN(C(=O)OCc5ccccc5)CC4)s3)n2)c1. The van der Waals surface area contributed by atoms with Crippen molar-refractivity contribution in [2.24, 2.45) is 0 Å². The molecule has 11 heteroatoms. The number of benzene rings is 2. The van der Waals surface area contributed by atoms with Crippen LogP contribution in [0.3, 0.4) is 0 Å². The first-order valence-corrected chi connectivity index (χ1v) is 14.3. The molecule has 0 aliphatic carbocycles. The second kappa shape index (κ2) is 12.8. The highest BCUT2D eigenvalue weighted by atomic mass is 32.1. The molecular formula is C31H32N6O4S. The van der Waals surface area contributed by atoms with Crippen LogP contribution < -0.4 is 10.6 Å². The minimum Gasteiger partial charge on any atom is -0.445 e. The Balaban J connectivity index is 1.18. The van der Waals surface area contributed by atoms with Crippen LogP contribution in [0.1, 0.15) is 37.8 Å². The Morgan fingerprint density at radius 2 is 1.88 bits per heavy atom. The van der Waals surface area contributed by atoms with Gasteiger partial charge in [0.05, 0.1) is 11.9 Å². The summed E-state index contributed by atoms with van der Waals surface area (Å²) in [5.74, 6) is 0.429. The van der Waals surface area contributed by atoms with Crippen LogP contribution in [0, 0.1) is 0 Å². The van der Waals surface area contributed by atoms with Crippen molar-refractivity contribution in [2.75, 3.05) is 23.7 Å². The molecule has 0 fully saturated rings. The van der Waals surface area contributed by atoms with Gasteiger partial charge in [0, 0.05) is 30.5 Å². The molecule has 216 valence electrons. The number of thiazole rings is 1. The molecule has 0 unspecified atom stereocenters. The number of nitrogens with zero attached hydrogens (tertiary/aromatic N) is 4. The molecule has 2 amide bonds. The summed E-state index contributed by atoms with van der Waals surface area (Å²) in [6, 6.07) is 18.8. The summed E-state index contributed by atoms with van der Waals surface area (Å²) in [7, 11) is 0. The summed E-state index contributed by atoms with van der Waals surface area (Å²) in [6.07, 6.45) is 5.30. The molecule has 0 saturated carbocycles. The average Bonchev–Trinajstić information content (AvgIpc) is 3.44. The number of rotatable bonds is 7. The van der Waals surface area contributed by atoms with Gasteiger partial charge in [-0.05, 0) is 56.5 Å². The van der Waals surface area contributed by atoms with Crippen molar-refractivity contribution in [3.8, 4) is 11.3 Å². The van der Waals surface area contributed by atoms with Gasteiger partial charge >= 0.3 is 12.2 Å². The van der Waals surface area contributed by atoms with Crippen molar-refractivity contribution in [3.05, 3.63) is 89.7 Å². The lowest BCUT2D eigenvalue weighted by molar-refractivity contribution is 0.0635. The van der Waals surface area contributed by atoms with E-state index in [-0.39, 0.29) is 12.7 Å². The molecule has 5 rings (SSSR count). The molecule has 0 bridgehead atoms. The van der Waals surface area contributed by atoms with E-state index in [2.05, 4.69) is 25.6 Å². The normalized spacial score (nSPS) is 13.2. The van der Waals surface area contributed by atoms with Crippen LogP contribution in [0.2, 0.25) is 0 Å². The molecule has 10 nitrogen and oxygen atoms in total. The third kappa shape index (κ3) is 7.91. The van der Waals surface area contributed by atoms with E-state index in [1.807, 2.05) is 75.4 Å². The van der Waals surface area contributed by atoms with Gasteiger partial charge in [-0.3, -0.25) is 5.32 Å². The van der Waals surface area contributed by atoms with Gasteiger partial charge in [0.15, 0.2) is 0 Å². The smallest absolute Gasteiger partial charge is 0.412 e. The van der Waals surface area contributed by atoms with Crippen LogP contribution in [0.15, 0.2) is 79.1 Å². The van der Waals surface area contributed by atoms with Crippen molar-refractivity contribution < 1.29 is 19.1 Å². The van der Waals surface area contributed by atoms with Crippen LogP contribution in [0.25, 0.3) is 16.8 Å². The summed E-state index contributed by atoms with van der Waals surface area (Å²) in [6.45, 7) is 6.74. The zero-order valence-electron chi connectivity index (χ0n) is 23.7. The van der Waals surface area contributed by atoms with Gasteiger partial charge in [-0.15, -0.1) is 0 Å². The molecule has 0 radical (unpaired) electrons. The van der Waals surface area contributed by atoms with Crippen molar-refractivity contribution >= 4 is 45.7 Å². The van der Waals surface area contributed by atoms with Crippen molar-refractivity contribution in [3.63, 3.8) is 0 Å². The first-order valence-electron chi connectivity index (χ1n) is 13.5. The van der Waals surface area contributed by atoms with Crippen LogP contribution in [0.4, 0.5) is 26.2 Å². The summed E-state index contributed by atoms with van der Waals surface area (Å²) >= 11 is 1.50. The van der Waals surface area contributed by atoms with Crippen molar-refractivity contribution in [1.29, 1.82) is 0 Å². The van der Waals surface area contributed by atoms with Gasteiger partial charge in [0.1, 0.15) is 22.2 Å². The highest BCUT2D eigenvalue weighted by molar-refractivity contribution is 7.16. The summed E-state index contributed by atoms with van der Waals surface area (Å²) in [4.78, 5) is 39.9. The number of aromatic nitrogens is 3. The largest absolute Gasteiger partial charge is 0.445 e. The molecule has 3 heterocycles. The molecule has 42 heavy (non-hydrogen) atoms. The molecule has 0 atom stereocenters. The minimum absolute atomic E-state index is 0.256. The Bertz CT molecular complexity index is 1580. The summed E-state index contributed by atoms with van der Waals surface area (Å²) in [5, 5.41) is 7.68. The third-order valence-corrected chi connectivity index (χ3v) is 7.14. The first-order chi connectivity index (χ1) is 20.2. The van der Waals surface area contributed by atoms with E-state index in [9.17, 15) is 9.59 Å². The highest BCUT2D eigenvalue weighted by Crippen LogP contribution is 2.31. The van der Waals surface area contributed by atoms with Gasteiger partial charge < -0.3 is 19.7 Å². The number of hydrogen-bond donors (Lipinski definition) is 2. The van der Waals surface area contributed by atoms with Crippen molar-refractivity contribution in [2.45, 2.75) is 39.4 Å². The monoisotopic (exact) mass is 584 g/mol. The fourth-order valence-corrected chi connectivity index (χ4v) is 5.07. The average molecular weight is 585 g/mol. The number of hydrogen-bond acceptors (Lipinski definition) is 9. The van der Waals surface area contributed by atoms with E-state index in [0.29, 0.717) is 36.8 Å². The van der Waals surface area contributed by atoms with Crippen molar-refractivity contribution in [1.82, 2.24) is 19.9 Å². The molecule has 0 spiro atoms. The lowest BCUT2D eigenvalue weighted by atomic mass is 10.1. The maximum Gasteiger partial charge on any atom is 0.412 e. The maximum absolute atomic E-state index is 12.5. The fourth-order valence-electron chi connectivity index (χ4n) is 4.19. The lowest BCUT2D eigenvalue weighted by Crippen LogP contribution is -2.35. The standard InChI is InChI=1S/C31H32N6O4S/c1-31(2,3)41-29(38)34-24-11-7-10-23(18-24)25-12-15-32-28(35-25)36-26-19-33-27(42-26)22-13-16-37(17-14-22)30(39)40-20-21-8-5-4-6-9-21/h4-13,15,18-19H,14,16-17,20H2,1-3H3,(H,34,38)(H,32,35,36). The Morgan fingerprint density at radius 3 is 2.64 bits per heavy atom. The predicted octanol–water partition coefficient (Wildman–Crippen LogP) is 7.12. The van der Waals surface area contributed by atoms with Gasteiger partial charge in [0.2, 0.25) is 5.95 Å². The Morgan fingerprint density at radius 1 is 1.05 bits per heavy atom. The Kier molecular flexibility index (Phi) is 8.77. The molecule has 1 aliphatic heterocycles. The fraction of sp³-hybridized carbons (Fsp3) is 0.258. The van der Waals surface area contributed by atoms with Crippen LogP contribution in [-0.4, -0.2) is 50.7 Å². The van der Waals surface area contributed by atoms with Crippen LogP contribution in [0.5, 0.6) is 0 Å². The third-order valence-electron chi connectivity index (χ3n) is 6.15. The number of carbonyl (C=O) groups is 2. The minimum atomic E-state index is -0.587. The number of carbonyl (C=O) groups excluding carboxylic acids is 2. The van der Waals surface area contributed by atoms with Gasteiger partial charge in [-0.25, -0.2) is 24.5 Å². The van der Waals surface area contributed by atoms with Crippen LogP contribution in [-0.2, 0) is 16.1 Å². The van der Waals surface area contributed by atoms with Gasteiger partial charge in [-0.1, -0.05) is 59.9 Å². The maximum atomic E-state index is 12.5. The number of ether oxygens (including phenoxy) is 2. The molecule has 1 aliphatic rings. The quantitative estimate of drug-likeness (QED) is 0.236. The number of amides is 2. The van der Waals surface area contributed by atoms with E-state index >= 15 is 0 Å². The number of anilines is 3. The van der Waals surface area contributed by atoms with E-state index in [0.717, 1.165) is 26.7 Å². The highest BCUT2D eigenvalue weighted by Gasteiger charge is 2.21. The Hall–Kier alpha value is -4.77. The molecule has 4 aromatic rings. The summed E-state index contributed by atoms with van der Waals surface area (Å²) < 4.78 is 10.8. The predicted molar refractivity (Wildman–Crippen MR) is 164 cm³/mol. The van der Waals surface area contributed by atoms with Gasteiger partial charge in [0.25, 0.3) is 0 Å². The Labute approximate surface area is 248 Å². The molecule has 0 saturated heterocycles. The zero-order valence-corrected chi connectivity index (χ0v) is 24.5. The molecular weight excluding hydrogens is 552 g/mol.